The molecule has 1 aromatic heterocycles. The van der Waals surface area contributed by atoms with Gasteiger partial charge in [-0.2, -0.15) is 0 Å². The SMILES string of the molecule is CCCC(C)(O)CNC(=O)c1ccc(Cl)cn1. The first-order valence-corrected chi connectivity index (χ1v) is 5.94. The molecule has 0 bridgehead atoms. The first kappa shape index (κ1) is 13.9. The van der Waals surface area contributed by atoms with Crippen LogP contribution in [0.5, 0.6) is 0 Å². The molecule has 2 N–H and O–H groups in total. The van der Waals surface area contributed by atoms with Gasteiger partial charge in [0, 0.05) is 12.7 Å². The van der Waals surface area contributed by atoms with E-state index in [1.54, 1.807) is 19.1 Å². The third-order valence-corrected chi connectivity index (χ3v) is 2.60. The number of nitrogens with one attached hydrogen (secondary N) is 1. The van der Waals surface area contributed by atoms with Crippen LogP contribution in [-0.2, 0) is 0 Å². The van der Waals surface area contributed by atoms with E-state index >= 15 is 0 Å². The van der Waals surface area contributed by atoms with E-state index in [0.717, 1.165) is 6.42 Å². The Labute approximate surface area is 106 Å². The van der Waals surface area contributed by atoms with E-state index in [0.29, 0.717) is 17.1 Å². The lowest BCUT2D eigenvalue weighted by atomic mass is 10.0. The molecule has 0 fully saturated rings. The minimum Gasteiger partial charge on any atom is -0.388 e. The lowest BCUT2D eigenvalue weighted by Gasteiger charge is -2.22. The summed E-state index contributed by atoms with van der Waals surface area (Å²) < 4.78 is 0. The van der Waals surface area contributed by atoms with Crippen molar-refractivity contribution < 1.29 is 9.90 Å². The fourth-order valence-electron chi connectivity index (χ4n) is 1.50. The Balaban J connectivity index is 2.53. The number of hydrogen-bond acceptors (Lipinski definition) is 3. The normalized spacial score (nSPS) is 14.1. The van der Waals surface area contributed by atoms with E-state index < -0.39 is 5.60 Å². The van der Waals surface area contributed by atoms with Crippen LogP contribution in [0.2, 0.25) is 5.02 Å². The highest BCUT2D eigenvalue weighted by Gasteiger charge is 2.20. The molecule has 0 aliphatic carbocycles. The van der Waals surface area contributed by atoms with Crippen LogP contribution in [0.3, 0.4) is 0 Å². The smallest absolute Gasteiger partial charge is 0.269 e. The highest BCUT2D eigenvalue weighted by atomic mass is 35.5. The lowest BCUT2D eigenvalue weighted by molar-refractivity contribution is 0.0468. The quantitative estimate of drug-likeness (QED) is 0.847. The summed E-state index contributed by atoms with van der Waals surface area (Å²) in [4.78, 5) is 15.6. The fraction of sp³-hybridized carbons (Fsp3) is 0.500. The standard InChI is InChI=1S/C12H17ClN2O2/c1-3-6-12(2,17)8-15-11(16)10-5-4-9(13)7-14-10/h4-5,7,17H,3,6,8H2,1-2H3,(H,15,16). The van der Waals surface area contributed by atoms with Gasteiger partial charge < -0.3 is 10.4 Å². The topological polar surface area (TPSA) is 62.2 Å². The van der Waals surface area contributed by atoms with Gasteiger partial charge in [-0.15, -0.1) is 0 Å². The Morgan fingerprint density at radius 2 is 2.29 bits per heavy atom. The van der Waals surface area contributed by atoms with Gasteiger partial charge in [0.25, 0.3) is 5.91 Å². The zero-order chi connectivity index (χ0) is 12.9. The molecule has 1 amide bonds. The number of amides is 1. The number of pyridine rings is 1. The molecular formula is C12H17ClN2O2. The molecule has 0 aliphatic heterocycles. The fourth-order valence-corrected chi connectivity index (χ4v) is 1.61. The zero-order valence-electron chi connectivity index (χ0n) is 10.0. The van der Waals surface area contributed by atoms with E-state index in [2.05, 4.69) is 10.3 Å². The summed E-state index contributed by atoms with van der Waals surface area (Å²) in [5, 5.41) is 13.0. The molecule has 1 heterocycles. The van der Waals surface area contributed by atoms with Gasteiger partial charge in [0.2, 0.25) is 0 Å². The molecule has 1 aromatic rings. The van der Waals surface area contributed by atoms with Gasteiger partial charge in [0.1, 0.15) is 5.69 Å². The second kappa shape index (κ2) is 5.98. The maximum absolute atomic E-state index is 11.7. The van der Waals surface area contributed by atoms with Crippen LogP contribution in [0, 0.1) is 0 Å². The molecule has 5 heteroatoms. The first-order chi connectivity index (χ1) is 7.94. The van der Waals surface area contributed by atoms with Gasteiger partial charge in [-0.25, -0.2) is 4.98 Å². The molecule has 4 nitrogen and oxygen atoms in total. The van der Waals surface area contributed by atoms with Gasteiger partial charge in [-0.1, -0.05) is 24.9 Å². The molecule has 0 aliphatic rings. The van der Waals surface area contributed by atoms with Gasteiger partial charge in [-0.3, -0.25) is 4.79 Å². The van der Waals surface area contributed by atoms with E-state index in [4.69, 9.17) is 11.6 Å². The Morgan fingerprint density at radius 3 is 2.82 bits per heavy atom. The minimum absolute atomic E-state index is 0.212. The lowest BCUT2D eigenvalue weighted by Crippen LogP contribution is -2.40. The van der Waals surface area contributed by atoms with Crippen molar-refractivity contribution in [2.45, 2.75) is 32.3 Å². The van der Waals surface area contributed by atoms with Gasteiger partial charge in [0.05, 0.1) is 10.6 Å². The second-order valence-corrected chi connectivity index (χ2v) is 4.73. The number of carbonyl (C=O) groups is 1. The van der Waals surface area contributed by atoms with Crippen LogP contribution < -0.4 is 5.32 Å². The van der Waals surface area contributed by atoms with Crippen molar-refractivity contribution in [1.82, 2.24) is 10.3 Å². The van der Waals surface area contributed by atoms with E-state index in [1.165, 1.54) is 6.20 Å². The summed E-state index contributed by atoms with van der Waals surface area (Å²) in [6, 6.07) is 3.15. The largest absolute Gasteiger partial charge is 0.388 e. The molecule has 0 radical (unpaired) electrons. The second-order valence-electron chi connectivity index (χ2n) is 4.29. The van der Waals surface area contributed by atoms with Crippen LogP contribution in [0.4, 0.5) is 0 Å². The predicted molar refractivity (Wildman–Crippen MR) is 67.1 cm³/mol. The summed E-state index contributed by atoms with van der Waals surface area (Å²) in [5.74, 6) is -0.307. The monoisotopic (exact) mass is 256 g/mol. The molecule has 1 unspecified atom stereocenters. The molecule has 0 spiro atoms. The number of aliphatic hydroxyl groups is 1. The van der Waals surface area contributed by atoms with Gasteiger partial charge >= 0.3 is 0 Å². The predicted octanol–water partition coefficient (Wildman–Crippen LogP) is 2.02. The van der Waals surface area contributed by atoms with Gasteiger partial charge in [-0.05, 0) is 25.5 Å². The van der Waals surface area contributed by atoms with E-state index in [9.17, 15) is 9.90 Å². The molecule has 0 aromatic carbocycles. The van der Waals surface area contributed by atoms with E-state index in [-0.39, 0.29) is 12.5 Å². The number of nitrogens with zero attached hydrogens (tertiary/aromatic N) is 1. The zero-order valence-corrected chi connectivity index (χ0v) is 10.8. The summed E-state index contributed by atoms with van der Waals surface area (Å²) in [5.41, 5.74) is -0.585. The Bertz CT molecular complexity index is 377. The first-order valence-electron chi connectivity index (χ1n) is 5.57. The van der Waals surface area contributed by atoms with E-state index in [1.807, 2.05) is 6.92 Å². The highest BCUT2D eigenvalue weighted by molar-refractivity contribution is 6.30. The third kappa shape index (κ3) is 4.71. The number of aromatic nitrogens is 1. The van der Waals surface area contributed by atoms with Crippen molar-refractivity contribution in [2.24, 2.45) is 0 Å². The van der Waals surface area contributed by atoms with Crippen molar-refractivity contribution in [2.75, 3.05) is 6.54 Å². The molecule has 94 valence electrons. The minimum atomic E-state index is -0.878. The molecule has 0 saturated heterocycles. The highest BCUT2D eigenvalue weighted by Crippen LogP contribution is 2.10. The Hall–Kier alpha value is -1.13. The maximum atomic E-state index is 11.7. The number of hydrogen-bond donors (Lipinski definition) is 2. The molecule has 1 atom stereocenters. The third-order valence-electron chi connectivity index (χ3n) is 2.38. The van der Waals surface area contributed by atoms with Crippen molar-refractivity contribution >= 4 is 17.5 Å². The maximum Gasteiger partial charge on any atom is 0.269 e. The molecular weight excluding hydrogens is 240 g/mol. The average molecular weight is 257 g/mol. The Kier molecular flexibility index (Phi) is 4.90. The summed E-state index contributed by atoms with van der Waals surface area (Å²) in [7, 11) is 0. The van der Waals surface area contributed by atoms with Crippen LogP contribution in [0.15, 0.2) is 18.3 Å². The van der Waals surface area contributed by atoms with Crippen LogP contribution in [0.1, 0.15) is 37.2 Å². The summed E-state index contributed by atoms with van der Waals surface area (Å²) in [6.45, 7) is 3.90. The van der Waals surface area contributed by atoms with Crippen LogP contribution in [0.25, 0.3) is 0 Å². The van der Waals surface area contributed by atoms with Crippen molar-refractivity contribution in [1.29, 1.82) is 0 Å². The number of carbonyl (C=O) groups excluding carboxylic acids is 1. The van der Waals surface area contributed by atoms with Crippen molar-refractivity contribution in [3.8, 4) is 0 Å². The summed E-state index contributed by atoms with van der Waals surface area (Å²) in [6.07, 6.45) is 2.92. The Morgan fingerprint density at radius 1 is 1.59 bits per heavy atom. The number of halogens is 1. The average Bonchev–Trinajstić information content (AvgIpc) is 2.27. The molecule has 0 saturated carbocycles. The van der Waals surface area contributed by atoms with Crippen molar-refractivity contribution in [3.05, 3.63) is 29.0 Å². The van der Waals surface area contributed by atoms with Crippen molar-refractivity contribution in [3.63, 3.8) is 0 Å². The molecule has 17 heavy (non-hydrogen) atoms. The van der Waals surface area contributed by atoms with Gasteiger partial charge in [0.15, 0.2) is 0 Å². The van der Waals surface area contributed by atoms with Crippen LogP contribution in [-0.4, -0.2) is 28.1 Å². The molecule has 1 rings (SSSR count). The van der Waals surface area contributed by atoms with Crippen LogP contribution >= 0.6 is 11.6 Å². The summed E-state index contributed by atoms with van der Waals surface area (Å²) >= 11 is 5.67. The number of rotatable bonds is 5.